The quantitative estimate of drug-likeness (QED) is 0.819. The highest BCUT2D eigenvalue weighted by molar-refractivity contribution is 6.04. The molecule has 0 saturated carbocycles. The van der Waals surface area contributed by atoms with Crippen molar-refractivity contribution in [2.45, 2.75) is 26.2 Å². The Bertz CT molecular complexity index is 677. The second-order valence-electron chi connectivity index (χ2n) is 5.29. The molecule has 3 rings (SSSR count). The summed E-state index contributed by atoms with van der Waals surface area (Å²) < 4.78 is 0. The molecule has 20 heavy (non-hydrogen) atoms. The van der Waals surface area contributed by atoms with Gasteiger partial charge >= 0.3 is 0 Å². The van der Waals surface area contributed by atoms with Crippen molar-refractivity contribution in [1.29, 1.82) is 0 Å². The summed E-state index contributed by atoms with van der Waals surface area (Å²) in [6.45, 7) is 1.86. The molecule has 0 aliphatic heterocycles. The first kappa shape index (κ1) is 12.7. The van der Waals surface area contributed by atoms with Gasteiger partial charge in [0.1, 0.15) is 5.75 Å². The molecule has 102 valence electrons. The zero-order valence-electron chi connectivity index (χ0n) is 11.4. The van der Waals surface area contributed by atoms with Crippen molar-refractivity contribution in [3.63, 3.8) is 0 Å². The molecule has 0 spiro atoms. The van der Waals surface area contributed by atoms with E-state index in [0.717, 1.165) is 24.1 Å². The minimum Gasteiger partial charge on any atom is -0.508 e. The average molecular weight is 267 g/mol. The number of phenols is 1. The van der Waals surface area contributed by atoms with Gasteiger partial charge in [0, 0.05) is 11.3 Å². The third kappa shape index (κ3) is 2.39. The molecule has 0 saturated heterocycles. The molecule has 0 radical (unpaired) electrons. The van der Waals surface area contributed by atoms with E-state index in [0.29, 0.717) is 5.56 Å². The molecule has 0 unspecified atom stereocenters. The van der Waals surface area contributed by atoms with Gasteiger partial charge in [-0.3, -0.25) is 4.79 Å². The standard InChI is InChI=1S/C17H17NO2/c1-11-9-15(19)7-8-16(11)18-17(20)14-6-5-12-3-2-4-13(12)10-14/h5-10,19H,2-4H2,1H3,(H,18,20). The summed E-state index contributed by atoms with van der Waals surface area (Å²) in [5.74, 6) is 0.103. The molecule has 1 amide bonds. The minimum absolute atomic E-state index is 0.103. The van der Waals surface area contributed by atoms with E-state index in [1.165, 1.54) is 17.5 Å². The molecule has 0 bridgehead atoms. The number of carbonyl (C=O) groups excluding carboxylic acids is 1. The summed E-state index contributed by atoms with van der Waals surface area (Å²) in [5.41, 5.74) is 4.92. The van der Waals surface area contributed by atoms with Crippen molar-refractivity contribution >= 4 is 11.6 Å². The van der Waals surface area contributed by atoms with Gasteiger partial charge in [-0.25, -0.2) is 0 Å². The van der Waals surface area contributed by atoms with Crippen molar-refractivity contribution in [2.24, 2.45) is 0 Å². The normalized spacial score (nSPS) is 13.1. The van der Waals surface area contributed by atoms with Crippen molar-refractivity contribution in [1.82, 2.24) is 0 Å². The minimum atomic E-state index is -0.103. The maximum Gasteiger partial charge on any atom is 0.255 e. The second-order valence-corrected chi connectivity index (χ2v) is 5.29. The average Bonchev–Trinajstić information content (AvgIpc) is 2.89. The Kier molecular flexibility index (Phi) is 3.18. The highest BCUT2D eigenvalue weighted by atomic mass is 16.3. The fourth-order valence-corrected chi connectivity index (χ4v) is 2.70. The maximum absolute atomic E-state index is 12.3. The van der Waals surface area contributed by atoms with E-state index in [1.807, 2.05) is 19.1 Å². The molecule has 0 heterocycles. The number of fused-ring (bicyclic) bond motifs is 1. The number of rotatable bonds is 2. The molecule has 1 aliphatic rings. The fraction of sp³-hybridized carbons (Fsp3) is 0.235. The molecule has 0 fully saturated rings. The smallest absolute Gasteiger partial charge is 0.255 e. The summed E-state index contributed by atoms with van der Waals surface area (Å²) >= 11 is 0. The highest BCUT2D eigenvalue weighted by Gasteiger charge is 2.14. The Morgan fingerprint density at radius 3 is 2.70 bits per heavy atom. The third-order valence-corrected chi connectivity index (χ3v) is 3.82. The van der Waals surface area contributed by atoms with Crippen LogP contribution < -0.4 is 5.32 Å². The van der Waals surface area contributed by atoms with E-state index in [1.54, 1.807) is 18.2 Å². The number of amides is 1. The molecule has 2 N–H and O–H groups in total. The van der Waals surface area contributed by atoms with Gasteiger partial charge in [0.15, 0.2) is 0 Å². The zero-order chi connectivity index (χ0) is 14.1. The first-order valence-electron chi connectivity index (χ1n) is 6.86. The predicted octanol–water partition coefficient (Wildman–Crippen LogP) is 3.44. The van der Waals surface area contributed by atoms with Gasteiger partial charge in [0.2, 0.25) is 0 Å². The number of nitrogens with one attached hydrogen (secondary N) is 1. The maximum atomic E-state index is 12.3. The molecule has 3 nitrogen and oxygen atoms in total. The van der Waals surface area contributed by atoms with Crippen LogP contribution in [0.25, 0.3) is 0 Å². The lowest BCUT2D eigenvalue weighted by atomic mass is 10.1. The van der Waals surface area contributed by atoms with Crippen LogP contribution in [0.4, 0.5) is 5.69 Å². The molecule has 0 atom stereocenters. The number of aryl methyl sites for hydroxylation is 3. The Labute approximate surface area is 118 Å². The first-order chi connectivity index (χ1) is 9.63. The second kappa shape index (κ2) is 5.00. The van der Waals surface area contributed by atoms with E-state index >= 15 is 0 Å². The molecular formula is C17H17NO2. The summed E-state index contributed by atoms with van der Waals surface area (Å²) in [6, 6.07) is 10.9. The summed E-state index contributed by atoms with van der Waals surface area (Å²) in [7, 11) is 0. The van der Waals surface area contributed by atoms with Gasteiger partial charge in [-0.05, 0) is 73.2 Å². The summed E-state index contributed by atoms with van der Waals surface area (Å²) in [5, 5.41) is 12.3. The van der Waals surface area contributed by atoms with E-state index in [2.05, 4.69) is 11.4 Å². The number of phenolic OH excluding ortho intramolecular Hbond substituents is 1. The van der Waals surface area contributed by atoms with Gasteiger partial charge in [-0.1, -0.05) is 6.07 Å². The summed E-state index contributed by atoms with van der Waals surface area (Å²) in [4.78, 5) is 12.3. The molecule has 2 aromatic carbocycles. The van der Waals surface area contributed by atoms with E-state index in [-0.39, 0.29) is 11.7 Å². The van der Waals surface area contributed by atoms with Crippen LogP contribution in [0, 0.1) is 6.92 Å². The molecule has 2 aromatic rings. The lowest BCUT2D eigenvalue weighted by Gasteiger charge is -2.09. The highest BCUT2D eigenvalue weighted by Crippen LogP contribution is 2.24. The monoisotopic (exact) mass is 267 g/mol. The fourth-order valence-electron chi connectivity index (χ4n) is 2.70. The van der Waals surface area contributed by atoms with Crippen LogP contribution in [-0.4, -0.2) is 11.0 Å². The Balaban J connectivity index is 1.82. The van der Waals surface area contributed by atoms with Gasteiger partial charge in [-0.2, -0.15) is 0 Å². The number of anilines is 1. The summed E-state index contributed by atoms with van der Waals surface area (Å²) in [6.07, 6.45) is 3.36. The Hall–Kier alpha value is -2.29. The van der Waals surface area contributed by atoms with Gasteiger partial charge in [0.05, 0.1) is 0 Å². The van der Waals surface area contributed by atoms with Crippen LogP contribution in [0.5, 0.6) is 5.75 Å². The van der Waals surface area contributed by atoms with E-state index in [9.17, 15) is 9.90 Å². The topological polar surface area (TPSA) is 49.3 Å². The SMILES string of the molecule is Cc1cc(O)ccc1NC(=O)c1ccc2c(c1)CCC2. The predicted molar refractivity (Wildman–Crippen MR) is 79.3 cm³/mol. The number of benzene rings is 2. The van der Waals surface area contributed by atoms with Gasteiger partial charge < -0.3 is 10.4 Å². The Morgan fingerprint density at radius 1 is 1.10 bits per heavy atom. The lowest BCUT2D eigenvalue weighted by molar-refractivity contribution is 0.102. The first-order valence-corrected chi connectivity index (χ1v) is 6.86. The van der Waals surface area contributed by atoms with Crippen molar-refractivity contribution in [2.75, 3.05) is 5.32 Å². The van der Waals surface area contributed by atoms with Crippen molar-refractivity contribution in [3.05, 3.63) is 58.7 Å². The van der Waals surface area contributed by atoms with Crippen LogP contribution in [0.1, 0.15) is 33.5 Å². The number of hydrogen-bond acceptors (Lipinski definition) is 2. The Morgan fingerprint density at radius 2 is 1.90 bits per heavy atom. The van der Waals surface area contributed by atoms with Crippen LogP contribution in [0.2, 0.25) is 0 Å². The van der Waals surface area contributed by atoms with Gasteiger partial charge in [0.25, 0.3) is 5.91 Å². The van der Waals surface area contributed by atoms with E-state index in [4.69, 9.17) is 0 Å². The molecule has 0 aromatic heterocycles. The largest absolute Gasteiger partial charge is 0.508 e. The number of hydrogen-bond donors (Lipinski definition) is 2. The number of carbonyl (C=O) groups is 1. The van der Waals surface area contributed by atoms with Crippen LogP contribution in [-0.2, 0) is 12.8 Å². The lowest BCUT2D eigenvalue weighted by Crippen LogP contribution is -2.13. The van der Waals surface area contributed by atoms with E-state index < -0.39 is 0 Å². The van der Waals surface area contributed by atoms with Crippen LogP contribution >= 0.6 is 0 Å². The molecule has 1 aliphatic carbocycles. The number of aromatic hydroxyl groups is 1. The van der Waals surface area contributed by atoms with Gasteiger partial charge in [-0.15, -0.1) is 0 Å². The molecular weight excluding hydrogens is 250 g/mol. The van der Waals surface area contributed by atoms with Crippen molar-refractivity contribution in [3.8, 4) is 5.75 Å². The van der Waals surface area contributed by atoms with Crippen molar-refractivity contribution < 1.29 is 9.90 Å². The van der Waals surface area contributed by atoms with Crippen LogP contribution in [0.15, 0.2) is 36.4 Å². The van der Waals surface area contributed by atoms with Crippen LogP contribution in [0.3, 0.4) is 0 Å². The third-order valence-electron chi connectivity index (χ3n) is 3.82. The zero-order valence-corrected chi connectivity index (χ0v) is 11.4. The molecule has 3 heteroatoms.